The number of benzene rings is 1. The lowest BCUT2D eigenvalue weighted by molar-refractivity contribution is -0.131. The summed E-state index contributed by atoms with van der Waals surface area (Å²) in [5, 5.41) is 0.560. The Morgan fingerprint density at radius 3 is 2.68 bits per heavy atom. The summed E-state index contributed by atoms with van der Waals surface area (Å²) >= 11 is 0. The third kappa shape index (κ3) is 2.81. The number of fused-ring (bicyclic) bond motifs is 1. The largest absolute Gasteiger partial charge is 0.333 e. The fourth-order valence-corrected chi connectivity index (χ4v) is 2.03. The molecule has 0 aliphatic heterocycles. The topological polar surface area (TPSA) is 66.1 Å². The zero-order valence-corrected chi connectivity index (χ0v) is 11.3. The van der Waals surface area contributed by atoms with Crippen LogP contribution in [0, 0.1) is 0 Å². The van der Waals surface area contributed by atoms with Gasteiger partial charge in [0.25, 0.3) is 5.56 Å². The van der Waals surface area contributed by atoms with Gasteiger partial charge >= 0.3 is 0 Å². The maximum atomic E-state index is 11.9. The Labute approximate surface area is 111 Å². The number of para-hydroxylation sites is 1. The number of nitrogens with zero attached hydrogens (tertiary/aromatic N) is 2. The first-order chi connectivity index (χ1) is 8.99. The number of aromatic nitrogens is 2. The fourth-order valence-electron chi connectivity index (χ4n) is 2.03. The van der Waals surface area contributed by atoms with E-state index in [1.165, 1.54) is 6.92 Å². The van der Waals surface area contributed by atoms with Crippen molar-refractivity contribution in [2.45, 2.75) is 33.4 Å². The van der Waals surface area contributed by atoms with Crippen molar-refractivity contribution >= 4 is 16.8 Å². The first-order valence-corrected chi connectivity index (χ1v) is 6.24. The minimum atomic E-state index is -0.173. The Balaban J connectivity index is 2.41. The second-order valence-corrected chi connectivity index (χ2v) is 4.77. The van der Waals surface area contributed by atoms with Crippen molar-refractivity contribution < 1.29 is 4.79 Å². The molecule has 0 aliphatic rings. The molecule has 0 fully saturated rings. The molecule has 0 unspecified atom stereocenters. The van der Waals surface area contributed by atoms with Crippen LogP contribution in [0.2, 0.25) is 0 Å². The van der Waals surface area contributed by atoms with Gasteiger partial charge in [0.05, 0.1) is 17.4 Å². The molecule has 0 aliphatic carbocycles. The van der Waals surface area contributed by atoms with Gasteiger partial charge in [0.15, 0.2) is 0 Å². The van der Waals surface area contributed by atoms with E-state index in [2.05, 4.69) is 9.97 Å². The van der Waals surface area contributed by atoms with Crippen LogP contribution in [0.3, 0.4) is 0 Å². The van der Waals surface area contributed by atoms with Crippen LogP contribution in [0.5, 0.6) is 0 Å². The zero-order valence-electron chi connectivity index (χ0n) is 11.3. The van der Waals surface area contributed by atoms with Crippen molar-refractivity contribution in [2.24, 2.45) is 0 Å². The number of nitrogens with one attached hydrogen (secondary N) is 1. The van der Waals surface area contributed by atoms with Crippen LogP contribution >= 0.6 is 0 Å². The van der Waals surface area contributed by atoms with Crippen LogP contribution in [0.25, 0.3) is 10.9 Å². The van der Waals surface area contributed by atoms with Gasteiger partial charge in [0.2, 0.25) is 5.91 Å². The van der Waals surface area contributed by atoms with Crippen LogP contribution in [-0.2, 0) is 11.3 Å². The fraction of sp³-hybridized carbons (Fsp3) is 0.357. The molecule has 0 spiro atoms. The highest BCUT2D eigenvalue weighted by Gasteiger charge is 2.15. The van der Waals surface area contributed by atoms with Crippen molar-refractivity contribution in [3.63, 3.8) is 0 Å². The van der Waals surface area contributed by atoms with Gasteiger partial charge in [-0.1, -0.05) is 12.1 Å². The van der Waals surface area contributed by atoms with Crippen LogP contribution < -0.4 is 5.56 Å². The summed E-state index contributed by atoms with van der Waals surface area (Å²) in [5.74, 6) is 0.471. The first-order valence-electron chi connectivity index (χ1n) is 6.24. The predicted molar refractivity (Wildman–Crippen MR) is 73.7 cm³/mol. The molecule has 0 saturated carbocycles. The predicted octanol–water partition coefficient (Wildman–Crippen LogP) is 1.68. The Morgan fingerprint density at radius 1 is 1.37 bits per heavy atom. The lowest BCUT2D eigenvalue weighted by Crippen LogP contribution is -2.35. The molecular weight excluding hydrogens is 242 g/mol. The van der Waals surface area contributed by atoms with Gasteiger partial charge in [0.1, 0.15) is 5.82 Å². The summed E-state index contributed by atoms with van der Waals surface area (Å²) in [7, 11) is 0. The number of hydrogen-bond acceptors (Lipinski definition) is 3. The van der Waals surface area contributed by atoms with Gasteiger partial charge in [-0.05, 0) is 26.0 Å². The molecular formula is C14H17N3O2. The second-order valence-electron chi connectivity index (χ2n) is 4.77. The maximum Gasteiger partial charge on any atom is 0.258 e. The molecule has 2 rings (SSSR count). The molecule has 1 aromatic carbocycles. The summed E-state index contributed by atoms with van der Waals surface area (Å²) in [6.07, 6.45) is 0. The van der Waals surface area contributed by atoms with Gasteiger partial charge in [0, 0.05) is 13.0 Å². The normalized spacial score (nSPS) is 10.9. The highest BCUT2D eigenvalue weighted by atomic mass is 16.2. The molecule has 1 aromatic heterocycles. The molecule has 1 N–H and O–H groups in total. The lowest BCUT2D eigenvalue weighted by Gasteiger charge is -2.24. The molecule has 0 atom stereocenters. The highest BCUT2D eigenvalue weighted by molar-refractivity contribution is 5.77. The number of hydrogen-bond donors (Lipinski definition) is 1. The van der Waals surface area contributed by atoms with Crippen molar-refractivity contribution in [1.82, 2.24) is 14.9 Å². The summed E-state index contributed by atoms with van der Waals surface area (Å²) in [5.41, 5.74) is 0.473. The third-order valence-corrected chi connectivity index (χ3v) is 3.01. The molecule has 1 amide bonds. The molecule has 0 radical (unpaired) electrons. The van der Waals surface area contributed by atoms with Crippen LogP contribution in [0.1, 0.15) is 26.6 Å². The van der Waals surface area contributed by atoms with E-state index in [9.17, 15) is 9.59 Å². The Bertz CT molecular complexity index is 661. The van der Waals surface area contributed by atoms with E-state index in [4.69, 9.17) is 0 Å². The Morgan fingerprint density at radius 2 is 2.05 bits per heavy atom. The minimum absolute atomic E-state index is 0.0363. The summed E-state index contributed by atoms with van der Waals surface area (Å²) in [6, 6.07) is 7.23. The van der Waals surface area contributed by atoms with E-state index in [-0.39, 0.29) is 17.5 Å². The first kappa shape index (κ1) is 13.3. The molecule has 0 saturated heterocycles. The number of aromatic amines is 1. The number of carbonyl (C=O) groups excluding carboxylic acids is 1. The van der Waals surface area contributed by atoms with E-state index in [0.717, 1.165) is 0 Å². The monoisotopic (exact) mass is 259 g/mol. The Hall–Kier alpha value is -2.17. The SMILES string of the molecule is CC(=O)N(Cc1nc2ccccc2c(=O)[nH]1)C(C)C. The van der Waals surface area contributed by atoms with E-state index >= 15 is 0 Å². The molecule has 2 aromatic rings. The van der Waals surface area contributed by atoms with Crippen molar-refractivity contribution in [2.75, 3.05) is 0 Å². The average molecular weight is 259 g/mol. The maximum absolute atomic E-state index is 11.9. The number of rotatable bonds is 3. The quantitative estimate of drug-likeness (QED) is 0.912. The molecule has 100 valence electrons. The second kappa shape index (κ2) is 5.22. The third-order valence-electron chi connectivity index (χ3n) is 3.01. The molecule has 1 heterocycles. The van der Waals surface area contributed by atoms with E-state index in [1.807, 2.05) is 19.9 Å². The molecule has 0 bridgehead atoms. The zero-order chi connectivity index (χ0) is 14.0. The van der Waals surface area contributed by atoms with Gasteiger partial charge in [-0.15, -0.1) is 0 Å². The van der Waals surface area contributed by atoms with Crippen molar-refractivity contribution in [1.29, 1.82) is 0 Å². The smallest absolute Gasteiger partial charge is 0.258 e. The number of amides is 1. The van der Waals surface area contributed by atoms with Gasteiger partial charge in [-0.25, -0.2) is 4.98 Å². The van der Waals surface area contributed by atoms with Crippen LogP contribution in [0.15, 0.2) is 29.1 Å². The van der Waals surface area contributed by atoms with Gasteiger partial charge in [-0.3, -0.25) is 9.59 Å². The molecule has 5 heteroatoms. The molecule has 5 nitrogen and oxygen atoms in total. The molecule has 19 heavy (non-hydrogen) atoms. The van der Waals surface area contributed by atoms with Gasteiger partial charge < -0.3 is 9.88 Å². The summed E-state index contributed by atoms with van der Waals surface area (Å²) in [6.45, 7) is 5.69. The average Bonchev–Trinajstić information content (AvgIpc) is 2.35. The van der Waals surface area contributed by atoms with E-state index < -0.39 is 0 Å². The lowest BCUT2D eigenvalue weighted by atomic mass is 10.2. The van der Waals surface area contributed by atoms with E-state index in [0.29, 0.717) is 23.3 Å². The highest BCUT2D eigenvalue weighted by Crippen LogP contribution is 2.08. The van der Waals surface area contributed by atoms with E-state index in [1.54, 1.807) is 23.1 Å². The van der Waals surface area contributed by atoms with Crippen molar-refractivity contribution in [3.05, 3.63) is 40.4 Å². The van der Waals surface area contributed by atoms with Crippen molar-refractivity contribution in [3.8, 4) is 0 Å². The van der Waals surface area contributed by atoms with Crippen LogP contribution in [0.4, 0.5) is 0 Å². The number of carbonyl (C=O) groups is 1. The number of H-pyrrole nitrogens is 1. The summed E-state index contributed by atoms with van der Waals surface area (Å²) in [4.78, 5) is 32.2. The van der Waals surface area contributed by atoms with Gasteiger partial charge in [-0.2, -0.15) is 0 Å². The Kier molecular flexibility index (Phi) is 3.64. The van der Waals surface area contributed by atoms with Crippen LogP contribution in [-0.4, -0.2) is 26.8 Å². The standard InChI is InChI=1S/C14H17N3O2/c1-9(2)17(10(3)18)8-13-15-12-7-5-4-6-11(12)14(19)16-13/h4-7,9H,8H2,1-3H3,(H,15,16,19). The minimum Gasteiger partial charge on any atom is -0.333 e. The summed E-state index contributed by atoms with van der Waals surface area (Å²) < 4.78 is 0.